The van der Waals surface area contributed by atoms with Crippen LogP contribution in [0.5, 0.6) is 5.75 Å². The molecular weight excluding hydrogens is 252 g/mol. The molecule has 3 nitrogen and oxygen atoms in total. The van der Waals surface area contributed by atoms with Crippen LogP contribution >= 0.6 is 0 Å². The summed E-state index contributed by atoms with van der Waals surface area (Å²) in [5.74, 6) is 0.668. The van der Waals surface area contributed by atoms with E-state index < -0.39 is 12.2 Å². The first-order valence-electron chi connectivity index (χ1n) is 6.57. The highest BCUT2D eigenvalue weighted by molar-refractivity contribution is 5.40. The lowest BCUT2D eigenvalue weighted by molar-refractivity contribution is -0.0159. The molecule has 1 N–H and O–H groups in total. The molecule has 0 aliphatic carbocycles. The largest absolute Gasteiger partial charge is 0.496 e. The fourth-order valence-electron chi connectivity index (χ4n) is 2.34. The molecule has 2 unspecified atom stereocenters. The van der Waals surface area contributed by atoms with Gasteiger partial charge in [0.2, 0.25) is 0 Å². The zero-order valence-corrected chi connectivity index (χ0v) is 12.0. The van der Waals surface area contributed by atoms with E-state index in [2.05, 4.69) is 0 Å². The van der Waals surface area contributed by atoms with Gasteiger partial charge < -0.3 is 14.6 Å². The highest BCUT2D eigenvalue weighted by Gasteiger charge is 2.25. The summed E-state index contributed by atoms with van der Waals surface area (Å²) in [5, 5.41) is 10.7. The SMILES string of the molecule is COc1ccc(C)cc1C(O)C(OC)c1ccccc1. The number of rotatable bonds is 5. The second-order valence-corrected chi connectivity index (χ2v) is 4.76. The normalized spacial score (nSPS) is 13.8. The molecule has 2 rings (SSSR count). The molecule has 0 bridgehead atoms. The van der Waals surface area contributed by atoms with Crippen LogP contribution in [0, 0.1) is 6.92 Å². The third kappa shape index (κ3) is 3.00. The van der Waals surface area contributed by atoms with Gasteiger partial charge in [-0.1, -0.05) is 42.0 Å². The van der Waals surface area contributed by atoms with Gasteiger partial charge in [-0.2, -0.15) is 0 Å². The van der Waals surface area contributed by atoms with Crippen molar-refractivity contribution in [2.45, 2.75) is 19.1 Å². The lowest BCUT2D eigenvalue weighted by Crippen LogP contribution is -2.14. The van der Waals surface area contributed by atoms with Crippen molar-refractivity contribution >= 4 is 0 Å². The molecule has 20 heavy (non-hydrogen) atoms. The molecule has 2 aromatic carbocycles. The van der Waals surface area contributed by atoms with Gasteiger partial charge in [-0.3, -0.25) is 0 Å². The summed E-state index contributed by atoms with van der Waals surface area (Å²) in [6.45, 7) is 1.99. The fraction of sp³-hybridized carbons (Fsp3) is 0.294. The third-order valence-electron chi connectivity index (χ3n) is 3.37. The van der Waals surface area contributed by atoms with E-state index in [1.807, 2.05) is 55.5 Å². The molecule has 0 aliphatic rings. The molecule has 0 radical (unpaired) electrons. The van der Waals surface area contributed by atoms with Gasteiger partial charge in [0.1, 0.15) is 18.0 Å². The van der Waals surface area contributed by atoms with Crippen molar-refractivity contribution in [3.63, 3.8) is 0 Å². The second kappa shape index (κ2) is 6.55. The molecule has 0 saturated heterocycles. The standard InChI is InChI=1S/C17H20O3/c1-12-9-10-15(19-2)14(11-12)16(18)17(20-3)13-7-5-4-6-8-13/h4-11,16-18H,1-3H3. The first-order chi connectivity index (χ1) is 9.67. The van der Waals surface area contributed by atoms with Gasteiger partial charge in [-0.05, 0) is 24.6 Å². The van der Waals surface area contributed by atoms with Gasteiger partial charge in [0.25, 0.3) is 0 Å². The van der Waals surface area contributed by atoms with Gasteiger partial charge in [0.05, 0.1) is 7.11 Å². The predicted octanol–water partition coefficient (Wildman–Crippen LogP) is 3.42. The average molecular weight is 272 g/mol. The van der Waals surface area contributed by atoms with Crippen LogP contribution in [0.1, 0.15) is 28.9 Å². The van der Waals surface area contributed by atoms with Gasteiger partial charge in [0.15, 0.2) is 0 Å². The summed E-state index contributed by atoms with van der Waals surface area (Å²) in [5.41, 5.74) is 2.75. The molecular formula is C17H20O3. The van der Waals surface area contributed by atoms with Crippen LogP contribution in [0.25, 0.3) is 0 Å². The lowest BCUT2D eigenvalue weighted by Gasteiger charge is -2.24. The van der Waals surface area contributed by atoms with Gasteiger partial charge in [0, 0.05) is 12.7 Å². The molecule has 3 heteroatoms. The van der Waals surface area contributed by atoms with Crippen LogP contribution in [0.15, 0.2) is 48.5 Å². The quantitative estimate of drug-likeness (QED) is 0.906. The number of aryl methyl sites for hydroxylation is 1. The van der Waals surface area contributed by atoms with Gasteiger partial charge >= 0.3 is 0 Å². The number of hydrogen-bond acceptors (Lipinski definition) is 3. The van der Waals surface area contributed by atoms with E-state index in [1.165, 1.54) is 0 Å². The van der Waals surface area contributed by atoms with E-state index >= 15 is 0 Å². The van der Waals surface area contributed by atoms with E-state index in [4.69, 9.17) is 9.47 Å². The molecule has 0 saturated carbocycles. The van der Waals surface area contributed by atoms with Crippen LogP contribution in [-0.4, -0.2) is 19.3 Å². The Morgan fingerprint density at radius 3 is 2.30 bits per heavy atom. The van der Waals surface area contributed by atoms with Crippen LogP contribution in [0.2, 0.25) is 0 Å². The molecule has 0 aromatic heterocycles. The number of aliphatic hydroxyl groups excluding tert-OH is 1. The Morgan fingerprint density at radius 1 is 1.00 bits per heavy atom. The van der Waals surface area contributed by atoms with Crippen molar-refractivity contribution in [3.05, 3.63) is 65.2 Å². The van der Waals surface area contributed by atoms with Crippen molar-refractivity contribution < 1.29 is 14.6 Å². The smallest absolute Gasteiger partial charge is 0.124 e. The molecule has 0 aliphatic heterocycles. The zero-order chi connectivity index (χ0) is 14.5. The molecule has 0 fully saturated rings. The predicted molar refractivity (Wildman–Crippen MR) is 78.9 cm³/mol. The minimum absolute atomic E-state index is 0.424. The average Bonchev–Trinajstić information content (AvgIpc) is 2.49. The number of hydrogen-bond donors (Lipinski definition) is 1. The summed E-state index contributed by atoms with van der Waals surface area (Å²) in [6, 6.07) is 15.4. The van der Waals surface area contributed by atoms with Crippen LogP contribution in [0.3, 0.4) is 0 Å². The summed E-state index contributed by atoms with van der Waals surface area (Å²) in [7, 11) is 3.20. The molecule has 2 atom stereocenters. The van der Waals surface area contributed by atoms with Crippen molar-refractivity contribution in [1.82, 2.24) is 0 Å². The second-order valence-electron chi connectivity index (χ2n) is 4.76. The minimum atomic E-state index is -0.780. The molecule has 106 valence electrons. The Balaban J connectivity index is 2.38. The van der Waals surface area contributed by atoms with E-state index in [0.717, 1.165) is 16.7 Å². The Bertz CT molecular complexity index is 551. The van der Waals surface area contributed by atoms with E-state index in [1.54, 1.807) is 14.2 Å². The first-order valence-corrected chi connectivity index (χ1v) is 6.57. The van der Waals surface area contributed by atoms with Gasteiger partial charge in [-0.25, -0.2) is 0 Å². The van der Waals surface area contributed by atoms with Crippen molar-refractivity contribution in [2.24, 2.45) is 0 Å². The molecule has 0 spiro atoms. The highest BCUT2D eigenvalue weighted by Crippen LogP contribution is 2.36. The topological polar surface area (TPSA) is 38.7 Å². The first kappa shape index (κ1) is 14.6. The van der Waals surface area contributed by atoms with Crippen LogP contribution < -0.4 is 4.74 Å². The maximum atomic E-state index is 10.7. The monoisotopic (exact) mass is 272 g/mol. The van der Waals surface area contributed by atoms with Crippen LogP contribution in [0.4, 0.5) is 0 Å². The van der Waals surface area contributed by atoms with Crippen molar-refractivity contribution in [2.75, 3.05) is 14.2 Å². The Kier molecular flexibility index (Phi) is 4.77. The number of ether oxygens (including phenoxy) is 2. The third-order valence-corrected chi connectivity index (χ3v) is 3.37. The fourth-order valence-corrected chi connectivity index (χ4v) is 2.34. The Hall–Kier alpha value is -1.84. The maximum Gasteiger partial charge on any atom is 0.124 e. The summed E-state index contributed by atoms with van der Waals surface area (Å²) in [4.78, 5) is 0. The minimum Gasteiger partial charge on any atom is -0.496 e. The van der Waals surface area contributed by atoms with Crippen molar-refractivity contribution in [3.8, 4) is 5.75 Å². The summed E-state index contributed by atoms with van der Waals surface area (Å²) in [6.07, 6.45) is -1.20. The Labute approximate surface area is 119 Å². The molecule has 0 heterocycles. The maximum absolute atomic E-state index is 10.7. The summed E-state index contributed by atoms with van der Waals surface area (Å²) >= 11 is 0. The summed E-state index contributed by atoms with van der Waals surface area (Å²) < 4.78 is 10.8. The molecule has 0 amide bonds. The number of aliphatic hydroxyl groups is 1. The number of methoxy groups -OCH3 is 2. The van der Waals surface area contributed by atoms with Crippen LogP contribution in [-0.2, 0) is 4.74 Å². The van der Waals surface area contributed by atoms with E-state index in [-0.39, 0.29) is 0 Å². The lowest BCUT2D eigenvalue weighted by atomic mass is 9.96. The molecule has 2 aromatic rings. The van der Waals surface area contributed by atoms with E-state index in [9.17, 15) is 5.11 Å². The van der Waals surface area contributed by atoms with Gasteiger partial charge in [-0.15, -0.1) is 0 Å². The van der Waals surface area contributed by atoms with E-state index in [0.29, 0.717) is 5.75 Å². The Morgan fingerprint density at radius 2 is 1.70 bits per heavy atom. The zero-order valence-electron chi connectivity index (χ0n) is 12.0. The van der Waals surface area contributed by atoms with Crippen molar-refractivity contribution in [1.29, 1.82) is 0 Å². The number of benzene rings is 2. The highest BCUT2D eigenvalue weighted by atomic mass is 16.5.